The molecule has 96 valence electrons. The standard InChI is InChI=1S/C14H14N4O/c15-8-10-9-16-6-7-18(10)14(19)12-2-1-3-13-11(12)4-5-17-13/h1-5,10,16-17H,6-7,9H2. The van der Waals surface area contributed by atoms with Crippen LogP contribution < -0.4 is 5.32 Å². The average Bonchev–Trinajstić information content (AvgIpc) is 2.94. The van der Waals surface area contributed by atoms with Gasteiger partial charge in [0.25, 0.3) is 5.91 Å². The summed E-state index contributed by atoms with van der Waals surface area (Å²) in [7, 11) is 0. The van der Waals surface area contributed by atoms with Gasteiger partial charge >= 0.3 is 0 Å². The predicted molar refractivity (Wildman–Crippen MR) is 71.6 cm³/mol. The van der Waals surface area contributed by atoms with Crippen molar-refractivity contribution in [3.05, 3.63) is 36.0 Å². The number of hydrogen-bond acceptors (Lipinski definition) is 3. The number of benzene rings is 1. The third-order valence-corrected chi connectivity index (χ3v) is 3.48. The minimum atomic E-state index is -0.393. The number of amides is 1. The first-order chi connectivity index (χ1) is 9.31. The van der Waals surface area contributed by atoms with E-state index in [-0.39, 0.29) is 5.91 Å². The van der Waals surface area contributed by atoms with E-state index in [4.69, 9.17) is 5.26 Å². The van der Waals surface area contributed by atoms with Crippen LogP contribution in [0.5, 0.6) is 0 Å². The van der Waals surface area contributed by atoms with Crippen LogP contribution in [-0.2, 0) is 0 Å². The Labute approximate surface area is 110 Å². The molecule has 0 bridgehead atoms. The highest BCUT2D eigenvalue weighted by molar-refractivity contribution is 6.06. The number of nitrogens with one attached hydrogen (secondary N) is 2. The second-order valence-electron chi connectivity index (χ2n) is 4.59. The van der Waals surface area contributed by atoms with Gasteiger partial charge in [0.1, 0.15) is 6.04 Å². The van der Waals surface area contributed by atoms with E-state index in [1.807, 2.05) is 30.5 Å². The molecular formula is C14H14N4O. The summed E-state index contributed by atoms with van der Waals surface area (Å²) in [4.78, 5) is 17.4. The normalized spacial score (nSPS) is 19.3. The number of fused-ring (bicyclic) bond motifs is 1. The van der Waals surface area contributed by atoms with Gasteiger partial charge in [0.05, 0.1) is 6.07 Å². The van der Waals surface area contributed by atoms with Crippen LogP contribution in [0.4, 0.5) is 0 Å². The molecule has 2 N–H and O–H groups in total. The summed E-state index contributed by atoms with van der Waals surface area (Å²) >= 11 is 0. The summed E-state index contributed by atoms with van der Waals surface area (Å²) in [5.41, 5.74) is 1.59. The van der Waals surface area contributed by atoms with Crippen molar-refractivity contribution in [3.63, 3.8) is 0 Å². The third-order valence-electron chi connectivity index (χ3n) is 3.48. The van der Waals surface area contributed by atoms with Gasteiger partial charge in [0.15, 0.2) is 0 Å². The second kappa shape index (κ2) is 4.75. The lowest BCUT2D eigenvalue weighted by Crippen LogP contribution is -2.53. The largest absolute Gasteiger partial charge is 0.361 e. The number of nitrogens with zero attached hydrogens (tertiary/aromatic N) is 2. The van der Waals surface area contributed by atoms with Gasteiger partial charge in [-0.1, -0.05) is 6.07 Å². The molecule has 1 amide bonds. The lowest BCUT2D eigenvalue weighted by molar-refractivity contribution is 0.0689. The molecule has 3 rings (SSSR count). The number of rotatable bonds is 1. The van der Waals surface area contributed by atoms with Crippen LogP contribution in [0.3, 0.4) is 0 Å². The summed E-state index contributed by atoms with van der Waals surface area (Å²) in [5, 5.41) is 13.2. The van der Waals surface area contributed by atoms with E-state index in [0.717, 1.165) is 17.4 Å². The van der Waals surface area contributed by atoms with Crippen LogP contribution in [0, 0.1) is 11.3 Å². The smallest absolute Gasteiger partial charge is 0.255 e. The van der Waals surface area contributed by atoms with E-state index in [9.17, 15) is 4.79 Å². The number of piperazine rings is 1. The van der Waals surface area contributed by atoms with Crippen LogP contribution in [0.2, 0.25) is 0 Å². The van der Waals surface area contributed by atoms with Gasteiger partial charge in [-0.15, -0.1) is 0 Å². The first-order valence-corrected chi connectivity index (χ1v) is 6.28. The molecule has 0 saturated carbocycles. The van der Waals surface area contributed by atoms with Gasteiger partial charge in [-0.2, -0.15) is 5.26 Å². The van der Waals surface area contributed by atoms with Crippen molar-refractivity contribution in [3.8, 4) is 6.07 Å². The number of H-pyrrole nitrogens is 1. The van der Waals surface area contributed by atoms with Crippen molar-refractivity contribution in [2.24, 2.45) is 0 Å². The lowest BCUT2D eigenvalue weighted by atomic mass is 10.1. The van der Waals surface area contributed by atoms with Crippen LogP contribution in [0.25, 0.3) is 10.9 Å². The molecule has 1 fully saturated rings. The topological polar surface area (TPSA) is 71.9 Å². The minimum absolute atomic E-state index is 0.0711. The molecule has 0 spiro atoms. The first-order valence-electron chi connectivity index (χ1n) is 6.28. The fourth-order valence-corrected chi connectivity index (χ4v) is 2.49. The zero-order valence-corrected chi connectivity index (χ0v) is 10.4. The fraction of sp³-hybridized carbons (Fsp3) is 0.286. The second-order valence-corrected chi connectivity index (χ2v) is 4.59. The fourth-order valence-electron chi connectivity index (χ4n) is 2.49. The molecule has 1 aromatic carbocycles. The molecule has 1 aliphatic rings. The monoisotopic (exact) mass is 254 g/mol. The Bertz CT molecular complexity index is 655. The molecule has 2 heterocycles. The molecule has 2 aromatic rings. The van der Waals surface area contributed by atoms with E-state index >= 15 is 0 Å². The molecule has 19 heavy (non-hydrogen) atoms. The zero-order chi connectivity index (χ0) is 13.2. The molecule has 5 heteroatoms. The van der Waals surface area contributed by atoms with E-state index in [1.54, 1.807) is 4.90 Å². The molecule has 0 aliphatic carbocycles. The van der Waals surface area contributed by atoms with E-state index in [2.05, 4.69) is 16.4 Å². The summed E-state index contributed by atoms with van der Waals surface area (Å²) < 4.78 is 0. The lowest BCUT2D eigenvalue weighted by Gasteiger charge is -2.32. The van der Waals surface area contributed by atoms with Crippen molar-refractivity contribution >= 4 is 16.8 Å². The van der Waals surface area contributed by atoms with Crippen molar-refractivity contribution in [1.82, 2.24) is 15.2 Å². The summed E-state index contributed by atoms with van der Waals surface area (Å²) in [6, 6.07) is 9.29. The minimum Gasteiger partial charge on any atom is -0.361 e. The number of carbonyl (C=O) groups is 1. The molecule has 1 aliphatic heterocycles. The van der Waals surface area contributed by atoms with Crippen LogP contribution >= 0.6 is 0 Å². The summed E-state index contributed by atoms with van der Waals surface area (Å²) in [6.45, 7) is 1.83. The van der Waals surface area contributed by atoms with Gasteiger partial charge in [0, 0.05) is 42.3 Å². The summed E-state index contributed by atoms with van der Waals surface area (Å²) in [5.74, 6) is -0.0711. The van der Waals surface area contributed by atoms with Gasteiger partial charge in [-0.05, 0) is 18.2 Å². The maximum Gasteiger partial charge on any atom is 0.255 e. The van der Waals surface area contributed by atoms with E-state index in [1.165, 1.54) is 0 Å². The van der Waals surface area contributed by atoms with Gasteiger partial charge < -0.3 is 15.2 Å². The van der Waals surface area contributed by atoms with Gasteiger partial charge in [0.2, 0.25) is 0 Å². The Morgan fingerprint density at radius 2 is 2.32 bits per heavy atom. The van der Waals surface area contributed by atoms with E-state index < -0.39 is 6.04 Å². The van der Waals surface area contributed by atoms with E-state index in [0.29, 0.717) is 18.7 Å². The highest BCUT2D eigenvalue weighted by atomic mass is 16.2. The zero-order valence-electron chi connectivity index (χ0n) is 10.4. The number of aromatic amines is 1. The highest BCUT2D eigenvalue weighted by Gasteiger charge is 2.27. The molecule has 1 saturated heterocycles. The number of carbonyl (C=O) groups excluding carboxylic acids is 1. The van der Waals surface area contributed by atoms with Crippen LogP contribution in [0.15, 0.2) is 30.5 Å². The van der Waals surface area contributed by atoms with Crippen molar-refractivity contribution in [1.29, 1.82) is 5.26 Å². The summed E-state index contributed by atoms with van der Waals surface area (Å²) in [6.07, 6.45) is 1.82. The first kappa shape index (κ1) is 11.8. The van der Waals surface area contributed by atoms with Crippen molar-refractivity contribution in [2.45, 2.75) is 6.04 Å². The number of aromatic nitrogens is 1. The Balaban J connectivity index is 1.99. The Morgan fingerprint density at radius 1 is 1.42 bits per heavy atom. The predicted octanol–water partition coefficient (Wildman–Crippen LogP) is 1.11. The molecule has 1 atom stereocenters. The third kappa shape index (κ3) is 1.96. The van der Waals surface area contributed by atoms with Crippen LogP contribution in [-0.4, -0.2) is 41.5 Å². The maximum absolute atomic E-state index is 12.6. The van der Waals surface area contributed by atoms with Crippen LogP contribution in [0.1, 0.15) is 10.4 Å². The highest BCUT2D eigenvalue weighted by Crippen LogP contribution is 2.20. The van der Waals surface area contributed by atoms with Crippen molar-refractivity contribution in [2.75, 3.05) is 19.6 Å². The molecule has 1 unspecified atom stereocenters. The molecule has 5 nitrogen and oxygen atoms in total. The van der Waals surface area contributed by atoms with Gasteiger partial charge in [-0.25, -0.2) is 0 Å². The van der Waals surface area contributed by atoms with Gasteiger partial charge in [-0.3, -0.25) is 4.79 Å². The Kier molecular flexibility index (Phi) is 2.94. The average molecular weight is 254 g/mol. The molecule has 1 aromatic heterocycles. The molecule has 0 radical (unpaired) electrons. The SMILES string of the molecule is N#CC1CNCCN1C(=O)c1cccc2[nH]ccc12. The Morgan fingerprint density at radius 3 is 3.16 bits per heavy atom. The molecular weight excluding hydrogens is 240 g/mol. The van der Waals surface area contributed by atoms with Crippen molar-refractivity contribution < 1.29 is 4.79 Å². The number of hydrogen-bond donors (Lipinski definition) is 2. The number of nitriles is 1. The maximum atomic E-state index is 12.6. The Hall–Kier alpha value is -2.32. The quantitative estimate of drug-likeness (QED) is 0.800.